The van der Waals surface area contributed by atoms with E-state index in [0.717, 1.165) is 24.4 Å². The monoisotopic (exact) mass is 328 g/mol. The van der Waals surface area contributed by atoms with Crippen molar-refractivity contribution in [2.75, 3.05) is 0 Å². The number of nitrogens with zero attached hydrogens (tertiary/aromatic N) is 4. The van der Waals surface area contributed by atoms with Crippen molar-refractivity contribution in [2.45, 2.75) is 0 Å². The first-order valence-electron chi connectivity index (χ1n) is 6.68. The zero-order valence-electron chi connectivity index (χ0n) is 12.0. The number of hydrogen-bond acceptors (Lipinski definition) is 6. The van der Waals surface area contributed by atoms with E-state index in [1.54, 1.807) is 24.3 Å². The molecule has 0 N–H and O–H groups in total. The van der Waals surface area contributed by atoms with Gasteiger partial charge in [-0.2, -0.15) is 9.90 Å². The molecule has 0 fully saturated rings. The molecule has 1 heterocycles. The number of ether oxygens (including phenoxy) is 1. The first-order chi connectivity index (χ1) is 11.5. The summed E-state index contributed by atoms with van der Waals surface area (Å²) in [7, 11) is 0. The molecule has 0 saturated carbocycles. The zero-order chi connectivity index (χ0) is 17.1. The van der Waals surface area contributed by atoms with Crippen LogP contribution in [0.15, 0.2) is 54.7 Å². The second-order valence-electron chi connectivity index (χ2n) is 4.61. The molecule has 0 bridgehead atoms. The molecule has 120 valence electrons. The minimum Gasteiger partial charge on any atom is -0.414 e. The van der Waals surface area contributed by atoms with E-state index >= 15 is 0 Å². The average molecular weight is 328 g/mol. The van der Waals surface area contributed by atoms with Gasteiger partial charge in [0.1, 0.15) is 5.82 Å². The van der Waals surface area contributed by atoms with Gasteiger partial charge >= 0.3 is 11.7 Å². The van der Waals surface area contributed by atoms with Gasteiger partial charge in [0.05, 0.1) is 16.8 Å². The minimum atomic E-state index is -0.981. The van der Waals surface area contributed by atoms with Crippen molar-refractivity contribution < 1.29 is 18.8 Å². The Morgan fingerprint density at radius 2 is 1.96 bits per heavy atom. The highest BCUT2D eigenvalue weighted by atomic mass is 19.1. The number of rotatable bonds is 4. The Labute approximate surface area is 134 Å². The zero-order valence-corrected chi connectivity index (χ0v) is 12.0. The van der Waals surface area contributed by atoms with E-state index in [1.807, 2.05) is 6.07 Å². The molecule has 24 heavy (non-hydrogen) atoms. The number of halogens is 1. The van der Waals surface area contributed by atoms with Crippen molar-refractivity contribution in [3.05, 3.63) is 76.4 Å². The molecule has 1 aromatic heterocycles. The van der Waals surface area contributed by atoms with Crippen molar-refractivity contribution in [3.8, 4) is 11.4 Å². The predicted molar refractivity (Wildman–Crippen MR) is 79.4 cm³/mol. The van der Waals surface area contributed by atoms with Gasteiger partial charge in [-0.3, -0.25) is 10.1 Å². The number of nitro benzene ring substituents is 1. The largest absolute Gasteiger partial charge is 0.414 e. The van der Waals surface area contributed by atoms with E-state index in [-0.39, 0.29) is 5.69 Å². The maximum Gasteiger partial charge on any atom is 0.366 e. The third-order valence-electron chi connectivity index (χ3n) is 3.01. The Hall–Kier alpha value is -3.62. The number of benzene rings is 2. The van der Waals surface area contributed by atoms with E-state index in [1.165, 1.54) is 4.80 Å². The second-order valence-corrected chi connectivity index (χ2v) is 4.61. The SMILES string of the molecule is O=C(Oc1cc(F)ccc1[N+](=O)[O-])c1cnn(-c2ccccc2)n1. The molecular formula is C15H9FN4O4. The van der Waals surface area contributed by atoms with E-state index < -0.39 is 28.1 Å². The fourth-order valence-corrected chi connectivity index (χ4v) is 1.92. The number of carbonyl (C=O) groups excluding carboxylic acids is 1. The highest BCUT2D eigenvalue weighted by molar-refractivity contribution is 5.89. The molecule has 8 nitrogen and oxygen atoms in total. The summed E-state index contributed by atoms with van der Waals surface area (Å²) in [6, 6.07) is 11.4. The molecule has 9 heteroatoms. The van der Waals surface area contributed by atoms with Gasteiger partial charge in [-0.25, -0.2) is 9.18 Å². The summed E-state index contributed by atoms with van der Waals surface area (Å²) < 4.78 is 18.1. The Kier molecular flexibility index (Phi) is 3.98. The summed E-state index contributed by atoms with van der Waals surface area (Å²) in [6.45, 7) is 0. The molecule has 0 unspecified atom stereocenters. The van der Waals surface area contributed by atoms with Crippen LogP contribution in [-0.2, 0) is 0 Å². The number of aromatic nitrogens is 3. The lowest BCUT2D eigenvalue weighted by atomic mass is 10.3. The maximum atomic E-state index is 13.2. The van der Waals surface area contributed by atoms with Crippen molar-refractivity contribution in [1.82, 2.24) is 15.0 Å². The fourth-order valence-electron chi connectivity index (χ4n) is 1.92. The summed E-state index contributed by atoms with van der Waals surface area (Å²) in [5, 5.41) is 18.8. The van der Waals surface area contributed by atoms with E-state index in [4.69, 9.17) is 4.74 Å². The molecule has 0 aliphatic heterocycles. The lowest BCUT2D eigenvalue weighted by molar-refractivity contribution is -0.385. The molecule has 3 aromatic rings. The van der Waals surface area contributed by atoms with Gasteiger partial charge in [-0.05, 0) is 18.2 Å². The smallest absolute Gasteiger partial charge is 0.366 e. The van der Waals surface area contributed by atoms with E-state index in [0.29, 0.717) is 5.69 Å². The molecule has 0 atom stereocenters. The van der Waals surface area contributed by atoms with E-state index in [9.17, 15) is 19.3 Å². The van der Waals surface area contributed by atoms with Crippen molar-refractivity contribution in [3.63, 3.8) is 0 Å². The lowest BCUT2D eigenvalue weighted by Crippen LogP contribution is -2.11. The van der Waals surface area contributed by atoms with Crippen LogP contribution in [-0.4, -0.2) is 25.9 Å². The van der Waals surface area contributed by atoms with Gasteiger partial charge < -0.3 is 4.74 Å². The van der Waals surface area contributed by atoms with Gasteiger partial charge in [-0.1, -0.05) is 18.2 Å². The minimum absolute atomic E-state index is 0.169. The number of esters is 1. The summed E-state index contributed by atoms with van der Waals surface area (Å²) in [4.78, 5) is 23.4. The molecule has 0 radical (unpaired) electrons. The van der Waals surface area contributed by atoms with E-state index in [2.05, 4.69) is 10.2 Å². The van der Waals surface area contributed by atoms with Crippen LogP contribution in [0, 0.1) is 15.9 Å². The number of hydrogen-bond donors (Lipinski definition) is 0. The Morgan fingerprint density at radius 1 is 1.21 bits per heavy atom. The molecule has 3 rings (SSSR count). The van der Waals surface area contributed by atoms with Crippen molar-refractivity contribution in [1.29, 1.82) is 0 Å². The topological polar surface area (TPSA) is 100 Å². The summed E-state index contributed by atoms with van der Waals surface area (Å²) in [5.41, 5.74) is -0.0779. The molecule has 2 aromatic carbocycles. The Balaban J connectivity index is 1.85. The Morgan fingerprint density at radius 3 is 2.67 bits per heavy atom. The average Bonchev–Trinajstić information content (AvgIpc) is 3.05. The van der Waals surface area contributed by atoms with Crippen LogP contribution in [0.4, 0.5) is 10.1 Å². The maximum absolute atomic E-state index is 13.2. The molecule has 0 spiro atoms. The summed E-state index contributed by atoms with van der Waals surface area (Å²) >= 11 is 0. The van der Waals surface area contributed by atoms with Gasteiger partial charge in [0.15, 0.2) is 5.69 Å². The van der Waals surface area contributed by atoms with Gasteiger partial charge in [0.25, 0.3) is 0 Å². The van der Waals surface area contributed by atoms with Gasteiger partial charge in [0, 0.05) is 12.1 Å². The molecule has 0 amide bonds. The normalized spacial score (nSPS) is 10.4. The molecule has 0 saturated heterocycles. The van der Waals surface area contributed by atoms with Crippen LogP contribution in [0.3, 0.4) is 0 Å². The van der Waals surface area contributed by atoms with Crippen molar-refractivity contribution in [2.24, 2.45) is 0 Å². The second kappa shape index (κ2) is 6.24. The molecule has 0 aliphatic carbocycles. The van der Waals surface area contributed by atoms with Crippen LogP contribution in [0.25, 0.3) is 5.69 Å². The fraction of sp³-hybridized carbons (Fsp3) is 0. The third kappa shape index (κ3) is 3.09. The number of nitro groups is 1. The highest BCUT2D eigenvalue weighted by Crippen LogP contribution is 2.28. The number of carbonyl (C=O) groups is 1. The quantitative estimate of drug-likeness (QED) is 0.316. The van der Waals surface area contributed by atoms with Crippen LogP contribution >= 0.6 is 0 Å². The first-order valence-corrected chi connectivity index (χ1v) is 6.68. The Bertz CT molecular complexity index is 911. The van der Waals surface area contributed by atoms with Gasteiger partial charge in [-0.15, -0.1) is 5.10 Å². The summed E-state index contributed by atoms with van der Waals surface area (Å²) in [5.74, 6) is -2.25. The number of para-hydroxylation sites is 1. The van der Waals surface area contributed by atoms with Gasteiger partial charge in [0.2, 0.25) is 5.75 Å². The predicted octanol–water partition coefficient (Wildman–Crippen LogP) is 2.53. The van der Waals surface area contributed by atoms with Crippen LogP contribution in [0.2, 0.25) is 0 Å². The van der Waals surface area contributed by atoms with Crippen molar-refractivity contribution >= 4 is 11.7 Å². The molecular weight excluding hydrogens is 319 g/mol. The lowest BCUT2D eigenvalue weighted by Gasteiger charge is -2.03. The first kappa shape index (κ1) is 15.3. The third-order valence-corrected chi connectivity index (χ3v) is 3.01. The van der Waals surface area contributed by atoms with Crippen LogP contribution < -0.4 is 4.74 Å². The van der Waals surface area contributed by atoms with Crippen LogP contribution in [0.5, 0.6) is 5.75 Å². The standard InChI is InChI=1S/C15H9FN4O4/c16-10-6-7-13(20(22)23)14(8-10)24-15(21)12-9-17-19(18-12)11-4-2-1-3-5-11/h1-9H. The summed E-state index contributed by atoms with van der Waals surface area (Å²) in [6.07, 6.45) is 1.15. The van der Waals surface area contributed by atoms with Crippen LogP contribution in [0.1, 0.15) is 10.5 Å². The molecule has 0 aliphatic rings. The highest BCUT2D eigenvalue weighted by Gasteiger charge is 2.21.